The van der Waals surface area contributed by atoms with Crippen molar-refractivity contribution in [2.24, 2.45) is 5.92 Å². The first-order valence-corrected chi connectivity index (χ1v) is 7.99. The molecule has 1 aliphatic rings. The quantitative estimate of drug-likeness (QED) is 0.460. The summed E-state index contributed by atoms with van der Waals surface area (Å²) in [6.07, 6.45) is 1.30. The highest BCUT2D eigenvalue weighted by Gasteiger charge is 2.27. The largest absolute Gasteiger partial charge is 0.366 e. The molecule has 8 heteroatoms. The second-order valence-electron chi connectivity index (χ2n) is 5.78. The second kappa shape index (κ2) is 8.28. The Hall–Kier alpha value is -2.64. The molecule has 0 aromatic heterocycles. The Kier molecular flexibility index (Phi) is 6.11. The van der Waals surface area contributed by atoms with Crippen LogP contribution in [0.2, 0.25) is 0 Å². The molecule has 1 fully saturated rings. The molecule has 0 atom stereocenters. The topological polar surface area (TPSA) is 105 Å². The van der Waals surface area contributed by atoms with Gasteiger partial charge < -0.3 is 15.5 Å². The summed E-state index contributed by atoms with van der Waals surface area (Å²) in [4.78, 5) is 35.6. The number of nitrogens with one attached hydrogen (secondary N) is 2. The van der Waals surface area contributed by atoms with Gasteiger partial charge >= 0.3 is 0 Å². The molecule has 1 heterocycles. The highest BCUT2D eigenvalue weighted by Crippen LogP contribution is 2.31. The van der Waals surface area contributed by atoms with E-state index >= 15 is 0 Å². The molecule has 2 N–H and O–H groups in total. The summed E-state index contributed by atoms with van der Waals surface area (Å²) in [6, 6.07) is 6.67. The Bertz CT molecular complexity index is 612. The standard InChI is InChI=1S/C16H22N4O4/c1-12(21)17-8-9-18-16(22)13-6-10-19(11-7-13)14-4-2-3-5-15(14)20(23)24/h2-5,13H,6-11H2,1H3,(H,17,21)(H,18,22). The molecule has 0 aliphatic carbocycles. The van der Waals surface area contributed by atoms with Crippen molar-refractivity contribution >= 4 is 23.2 Å². The van der Waals surface area contributed by atoms with E-state index in [1.54, 1.807) is 18.2 Å². The third kappa shape index (κ3) is 4.68. The van der Waals surface area contributed by atoms with Crippen LogP contribution in [0.5, 0.6) is 0 Å². The fraction of sp³-hybridized carbons (Fsp3) is 0.500. The van der Waals surface area contributed by atoms with Gasteiger partial charge in [-0.3, -0.25) is 19.7 Å². The van der Waals surface area contributed by atoms with Crippen molar-refractivity contribution in [3.05, 3.63) is 34.4 Å². The normalized spacial score (nSPS) is 15.0. The van der Waals surface area contributed by atoms with Crippen LogP contribution < -0.4 is 15.5 Å². The summed E-state index contributed by atoms with van der Waals surface area (Å²) in [5.74, 6) is -0.245. The molecular formula is C16H22N4O4. The number of nitro benzene ring substituents is 1. The minimum absolute atomic E-state index is 0.0254. The van der Waals surface area contributed by atoms with E-state index in [0.29, 0.717) is 44.7 Å². The Labute approximate surface area is 140 Å². The fourth-order valence-corrected chi connectivity index (χ4v) is 2.84. The number of hydrogen-bond acceptors (Lipinski definition) is 5. The summed E-state index contributed by atoms with van der Waals surface area (Å²) >= 11 is 0. The number of amides is 2. The molecule has 0 unspecified atom stereocenters. The first-order valence-electron chi connectivity index (χ1n) is 7.99. The second-order valence-corrected chi connectivity index (χ2v) is 5.78. The van der Waals surface area contributed by atoms with Crippen molar-refractivity contribution < 1.29 is 14.5 Å². The highest BCUT2D eigenvalue weighted by molar-refractivity contribution is 5.79. The van der Waals surface area contributed by atoms with Crippen LogP contribution in [-0.4, -0.2) is 42.9 Å². The minimum Gasteiger partial charge on any atom is -0.366 e. The van der Waals surface area contributed by atoms with Crippen LogP contribution >= 0.6 is 0 Å². The van der Waals surface area contributed by atoms with Gasteiger partial charge in [0.25, 0.3) is 5.69 Å². The van der Waals surface area contributed by atoms with Crippen LogP contribution in [0, 0.1) is 16.0 Å². The smallest absolute Gasteiger partial charge is 0.292 e. The molecule has 130 valence electrons. The molecule has 0 radical (unpaired) electrons. The van der Waals surface area contributed by atoms with Gasteiger partial charge in [-0.05, 0) is 18.9 Å². The van der Waals surface area contributed by atoms with Crippen molar-refractivity contribution in [2.75, 3.05) is 31.1 Å². The number of hydrogen-bond donors (Lipinski definition) is 2. The summed E-state index contributed by atoms with van der Waals surface area (Å²) < 4.78 is 0. The van der Waals surface area contributed by atoms with Crippen LogP contribution in [-0.2, 0) is 9.59 Å². The highest BCUT2D eigenvalue weighted by atomic mass is 16.6. The van der Waals surface area contributed by atoms with Crippen LogP contribution in [0.4, 0.5) is 11.4 Å². The number of para-hydroxylation sites is 2. The predicted molar refractivity (Wildman–Crippen MR) is 89.7 cm³/mol. The number of nitro groups is 1. The average Bonchev–Trinajstić information content (AvgIpc) is 2.58. The Morgan fingerprint density at radius 3 is 2.46 bits per heavy atom. The third-order valence-corrected chi connectivity index (χ3v) is 4.08. The van der Waals surface area contributed by atoms with Crippen molar-refractivity contribution in [1.29, 1.82) is 0 Å². The summed E-state index contributed by atoms with van der Waals surface area (Å²) in [7, 11) is 0. The van der Waals surface area contributed by atoms with E-state index in [1.165, 1.54) is 13.0 Å². The van der Waals surface area contributed by atoms with Crippen LogP contribution in [0.15, 0.2) is 24.3 Å². The Morgan fingerprint density at radius 1 is 1.21 bits per heavy atom. The number of piperidine rings is 1. The van der Waals surface area contributed by atoms with Gasteiger partial charge in [-0.25, -0.2) is 0 Å². The molecular weight excluding hydrogens is 312 g/mol. The summed E-state index contributed by atoms with van der Waals surface area (Å²) in [5.41, 5.74) is 0.697. The first kappa shape index (κ1) is 17.7. The number of carbonyl (C=O) groups is 2. The number of anilines is 1. The lowest BCUT2D eigenvalue weighted by Crippen LogP contribution is -2.42. The minimum atomic E-state index is -0.379. The van der Waals surface area contributed by atoms with E-state index in [0.717, 1.165) is 0 Å². The number of nitrogens with zero attached hydrogens (tertiary/aromatic N) is 2. The van der Waals surface area contributed by atoms with Crippen LogP contribution in [0.25, 0.3) is 0 Å². The average molecular weight is 334 g/mol. The maximum atomic E-state index is 12.1. The van der Waals surface area contributed by atoms with Crippen molar-refractivity contribution in [3.8, 4) is 0 Å². The van der Waals surface area contributed by atoms with E-state index in [1.807, 2.05) is 4.90 Å². The van der Waals surface area contributed by atoms with E-state index in [2.05, 4.69) is 10.6 Å². The van der Waals surface area contributed by atoms with Gasteiger partial charge in [-0.1, -0.05) is 12.1 Å². The molecule has 1 aliphatic heterocycles. The summed E-state index contributed by atoms with van der Waals surface area (Å²) in [6.45, 7) is 3.46. The lowest BCUT2D eigenvalue weighted by molar-refractivity contribution is -0.384. The molecule has 2 rings (SSSR count). The van der Waals surface area contributed by atoms with Crippen molar-refractivity contribution in [2.45, 2.75) is 19.8 Å². The number of rotatable bonds is 6. The van der Waals surface area contributed by atoms with Gasteiger partial charge in [0.1, 0.15) is 5.69 Å². The van der Waals surface area contributed by atoms with Gasteiger partial charge in [0.05, 0.1) is 4.92 Å². The van der Waals surface area contributed by atoms with Gasteiger partial charge in [0, 0.05) is 45.1 Å². The molecule has 8 nitrogen and oxygen atoms in total. The maximum Gasteiger partial charge on any atom is 0.292 e. The summed E-state index contributed by atoms with van der Waals surface area (Å²) in [5, 5.41) is 16.6. The van der Waals surface area contributed by atoms with Crippen molar-refractivity contribution in [1.82, 2.24) is 10.6 Å². The third-order valence-electron chi connectivity index (χ3n) is 4.08. The number of carbonyl (C=O) groups excluding carboxylic acids is 2. The SMILES string of the molecule is CC(=O)NCCNC(=O)C1CCN(c2ccccc2[N+](=O)[O-])CC1. The van der Waals surface area contributed by atoms with Gasteiger partial charge in [-0.15, -0.1) is 0 Å². The fourth-order valence-electron chi connectivity index (χ4n) is 2.84. The molecule has 0 saturated carbocycles. The van der Waals surface area contributed by atoms with E-state index in [-0.39, 0.29) is 28.3 Å². The lowest BCUT2D eigenvalue weighted by atomic mass is 9.95. The zero-order chi connectivity index (χ0) is 17.5. The first-order chi connectivity index (χ1) is 11.5. The van der Waals surface area contributed by atoms with Gasteiger partial charge in [-0.2, -0.15) is 0 Å². The molecule has 0 bridgehead atoms. The van der Waals surface area contributed by atoms with Crippen LogP contribution in [0.1, 0.15) is 19.8 Å². The molecule has 24 heavy (non-hydrogen) atoms. The maximum absolute atomic E-state index is 12.1. The predicted octanol–water partition coefficient (Wildman–Crippen LogP) is 1.06. The van der Waals surface area contributed by atoms with E-state index in [4.69, 9.17) is 0 Å². The van der Waals surface area contributed by atoms with E-state index < -0.39 is 0 Å². The lowest BCUT2D eigenvalue weighted by Gasteiger charge is -2.32. The van der Waals surface area contributed by atoms with Gasteiger partial charge in [0.2, 0.25) is 11.8 Å². The zero-order valence-electron chi connectivity index (χ0n) is 13.7. The Balaban J connectivity index is 1.84. The molecule has 0 spiro atoms. The molecule has 2 amide bonds. The Morgan fingerprint density at radius 2 is 1.83 bits per heavy atom. The van der Waals surface area contributed by atoms with Crippen LogP contribution in [0.3, 0.4) is 0 Å². The van der Waals surface area contributed by atoms with Gasteiger partial charge in [0.15, 0.2) is 0 Å². The monoisotopic (exact) mass is 334 g/mol. The molecule has 1 aromatic rings. The van der Waals surface area contributed by atoms with Crippen molar-refractivity contribution in [3.63, 3.8) is 0 Å². The molecule has 1 saturated heterocycles. The molecule has 1 aromatic carbocycles. The number of benzene rings is 1. The zero-order valence-corrected chi connectivity index (χ0v) is 13.7. The van der Waals surface area contributed by atoms with E-state index in [9.17, 15) is 19.7 Å².